The second-order valence-corrected chi connectivity index (χ2v) is 5.01. The second kappa shape index (κ2) is 6.36. The molecule has 1 aromatic rings. The van der Waals surface area contributed by atoms with Crippen LogP contribution < -0.4 is 10.6 Å². The van der Waals surface area contributed by atoms with Crippen LogP contribution in [0.15, 0.2) is 18.3 Å². The van der Waals surface area contributed by atoms with Crippen LogP contribution in [0.1, 0.15) is 36.2 Å². The SMILES string of the molecule is CNC(=O)C1CCC(NC(=O)c2ncccc2O)CC1. The highest BCUT2D eigenvalue weighted by Gasteiger charge is 2.27. The molecule has 1 heterocycles. The lowest BCUT2D eigenvalue weighted by atomic mass is 9.85. The topological polar surface area (TPSA) is 91.3 Å². The minimum Gasteiger partial charge on any atom is -0.505 e. The van der Waals surface area contributed by atoms with Gasteiger partial charge >= 0.3 is 0 Å². The van der Waals surface area contributed by atoms with Gasteiger partial charge in [0, 0.05) is 25.2 Å². The number of pyridine rings is 1. The first kappa shape index (κ1) is 14.3. The first-order valence-corrected chi connectivity index (χ1v) is 6.78. The van der Waals surface area contributed by atoms with Gasteiger partial charge in [0.15, 0.2) is 5.69 Å². The standard InChI is InChI=1S/C14H19N3O3/c1-15-13(19)9-4-6-10(7-5-9)17-14(20)12-11(18)3-2-8-16-12/h2-3,8-10,18H,4-7H2,1H3,(H,15,19)(H,17,20). The Hall–Kier alpha value is -2.11. The van der Waals surface area contributed by atoms with Crippen molar-refractivity contribution < 1.29 is 14.7 Å². The molecule has 1 aromatic heterocycles. The van der Waals surface area contributed by atoms with Crippen LogP contribution in [-0.2, 0) is 4.79 Å². The third-order valence-corrected chi connectivity index (χ3v) is 3.68. The lowest BCUT2D eigenvalue weighted by molar-refractivity contribution is -0.125. The van der Waals surface area contributed by atoms with Crippen LogP contribution in [0.3, 0.4) is 0 Å². The van der Waals surface area contributed by atoms with Crippen molar-refractivity contribution in [2.24, 2.45) is 5.92 Å². The molecule has 0 radical (unpaired) electrons. The monoisotopic (exact) mass is 277 g/mol. The smallest absolute Gasteiger partial charge is 0.273 e. The fourth-order valence-corrected chi connectivity index (χ4v) is 2.53. The maximum Gasteiger partial charge on any atom is 0.273 e. The van der Waals surface area contributed by atoms with E-state index < -0.39 is 0 Å². The van der Waals surface area contributed by atoms with E-state index >= 15 is 0 Å². The molecule has 0 saturated heterocycles. The summed E-state index contributed by atoms with van der Waals surface area (Å²) in [5, 5.41) is 15.1. The molecule has 0 aromatic carbocycles. The van der Waals surface area contributed by atoms with E-state index in [1.807, 2.05) is 0 Å². The second-order valence-electron chi connectivity index (χ2n) is 5.01. The van der Waals surface area contributed by atoms with Gasteiger partial charge in [-0.2, -0.15) is 0 Å². The number of hydrogen-bond acceptors (Lipinski definition) is 4. The van der Waals surface area contributed by atoms with E-state index in [2.05, 4.69) is 15.6 Å². The molecule has 108 valence electrons. The minimum absolute atomic E-state index is 0.0322. The Balaban J connectivity index is 1.88. The normalized spacial score (nSPS) is 22.1. The van der Waals surface area contributed by atoms with Crippen LogP contribution in [0.5, 0.6) is 5.75 Å². The van der Waals surface area contributed by atoms with Gasteiger partial charge in [-0.05, 0) is 37.8 Å². The molecule has 6 heteroatoms. The maximum absolute atomic E-state index is 12.0. The van der Waals surface area contributed by atoms with E-state index in [1.165, 1.54) is 12.3 Å². The average molecular weight is 277 g/mol. The summed E-state index contributed by atoms with van der Waals surface area (Å²) < 4.78 is 0. The Kier molecular flexibility index (Phi) is 4.55. The summed E-state index contributed by atoms with van der Waals surface area (Å²) in [5.41, 5.74) is 0.0425. The summed E-state index contributed by atoms with van der Waals surface area (Å²) in [4.78, 5) is 27.4. The van der Waals surface area contributed by atoms with Gasteiger partial charge in [-0.3, -0.25) is 9.59 Å². The Morgan fingerprint density at radius 3 is 2.60 bits per heavy atom. The molecular formula is C14H19N3O3. The predicted octanol–water partition coefficient (Wildman–Crippen LogP) is 0.822. The fraction of sp³-hybridized carbons (Fsp3) is 0.500. The Morgan fingerprint density at radius 2 is 2.00 bits per heavy atom. The highest BCUT2D eigenvalue weighted by molar-refractivity contribution is 5.94. The number of carbonyl (C=O) groups excluding carboxylic acids is 2. The van der Waals surface area contributed by atoms with Gasteiger partial charge in [0.05, 0.1) is 0 Å². The van der Waals surface area contributed by atoms with E-state index in [9.17, 15) is 14.7 Å². The Morgan fingerprint density at radius 1 is 1.30 bits per heavy atom. The first-order valence-electron chi connectivity index (χ1n) is 6.78. The average Bonchev–Trinajstić information content (AvgIpc) is 2.47. The van der Waals surface area contributed by atoms with E-state index in [4.69, 9.17) is 0 Å². The summed E-state index contributed by atoms with van der Waals surface area (Å²) in [6.07, 6.45) is 4.52. The van der Waals surface area contributed by atoms with E-state index in [0.717, 1.165) is 25.7 Å². The summed E-state index contributed by atoms with van der Waals surface area (Å²) in [5.74, 6) is -0.385. The van der Waals surface area contributed by atoms with Gasteiger partial charge in [-0.15, -0.1) is 0 Å². The molecule has 1 aliphatic rings. The van der Waals surface area contributed by atoms with Crippen molar-refractivity contribution in [3.63, 3.8) is 0 Å². The number of amides is 2. The van der Waals surface area contributed by atoms with E-state index in [1.54, 1.807) is 13.1 Å². The number of nitrogens with one attached hydrogen (secondary N) is 2. The molecule has 1 saturated carbocycles. The molecule has 6 nitrogen and oxygen atoms in total. The summed E-state index contributed by atoms with van der Waals surface area (Å²) in [6, 6.07) is 3.04. The molecular weight excluding hydrogens is 258 g/mol. The zero-order valence-electron chi connectivity index (χ0n) is 11.4. The highest BCUT2D eigenvalue weighted by atomic mass is 16.3. The molecule has 0 spiro atoms. The van der Waals surface area contributed by atoms with Crippen molar-refractivity contribution in [2.45, 2.75) is 31.7 Å². The molecule has 0 aliphatic heterocycles. The Bertz CT molecular complexity index is 496. The zero-order chi connectivity index (χ0) is 14.5. The molecule has 0 unspecified atom stereocenters. The molecule has 1 aliphatic carbocycles. The number of aromatic hydroxyl groups is 1. The zero-order valence-corrected chi connectivity index (χ0v) is 11.4. The van der Waals surface area contributed by atoms with E-state index in [-0.39, 0.29) is 35.2 Å². The van der Waals surface area contributed by atoms with Gasteiger partial charge in [0.1, 0.15) is 5.75 Å². The van der Waals surface area contributed by atoms with Gasteiger partial charge in [-0.1, -0.05) is 0 Å². The largest absolute Gasteiger partial charge is 0.505 e. The predicted molar refractivity (Wildman–Crippen MR) is 73.2 cm³/mol. The minimum atomic E-state index is -0.369. The molecule has 0 bridgehead atoms. The highest BCUT2D eigenvalue weighted by Crippen LogP contribution is 2.25. The molecule has 2 amide bonds. The number of hydrogen-bond donors (Lipinski definition) is 3. The fourth-order valence-electron chi connectivity index (χ4n) is 2.53. The maximum atomic E-state index is 12.0. The van der Waals surface area contributed by atoms with E-state index in [0.29, 0.717) is 0 Å². The van der Waals surface area contributed by atoms with Gasteiger partial charge in [-0.25, -0.2) is 4.98 Å². The van der Waals surface area contributed by atoms with Crippen LogP contribution in [0.4, 0.5) is 0 Å². The van der Waals surface area contributed by atoms with Crippen LogP contribution in [0, 0.1) is 5.92 Å². The number of aromatic nitrogens is 1. The van der Waals surface area contributed by atoms with Crippen molar-refractivity contribution >= 4 is 11.8 Å². The van der Waals surface area contributed by atoms with Gasteiger partial charge < -0.3 is 15.7 Å². The van der Waals surface area contributed by atoms with Crippen molar-refractivity contribution in [1.29, 1.82) is 0 Å². The van der Waals surface area contributed by atoms with Crippen LogP contribution >= 0.6 is 0 Å². The first-order chi connectivity index (χ1) is 9.61. The lowest BCUT2D eigenvalue weighted by Gasteiger charge is -2.28. The van der Waals surface area contributed by atoms with Gasteiger partial charge in [0.25, 0.3) is 5.91 Å². The summed E-state index contributed by atoms with van der Waals surface area (Å²) >= 11 is 0. The molecule has 20 heavy (non-hydrogen) atoms. The number of nitrogens with zero attached hydrogens (tertiary/aromatic N) is 1. The van der Waals surface area contributed by atoms with Gasteiger partial charge in [0.2, 0.25) is 5.91 Å². The van der Waals surface area contributed by atoms with Crippen molar-refractivity contribution in [2.75, 3.05) is 7.05 Å². The van der Waals surface area contributed by atoms with Crippen LogP contribution in [0.2, 0.25) is 0 Å². The van der Waals surface area contributed by atoms with Crippen molar-refractivity contribution in [3.8, 4) is 5.75 Å². The van der Waals surface area contributed by atoms with Crippen molar-refractivity contribution in [3.05, 3.63) is 24.0 Å². The quantitative estimate of drug-likeness (QED) is 0.763. The summed E-state index contributed by atoms with van der Waals surface area (Å²) in [6.45, 7) is 0. The molecule has 1 fully saturated rings. The van der Waals surface area contributed by atoms with Crippen molar-refractivity contribution in [1.82, 2.24) is 15.6 Å². The molecule has 2 rings (SSSR count). The lowest BCUT2D eigenvalue weighted by Crippen LogP contribution is -2.40. The third kappa shape index (κ3) is 3.26. The Labute approximate surface area is 117 Å². The molecule has 3 N–H and O–H groups in total. The van der Waals surface area contributed by atoms with Crippen LogP contribution in [-0.4, -0.2) is 35.0 Å². The molecule has 0 atom stereocenters. The summed E-state index contributed by atoms with van der Waals surface area (Å²) in [7, 11) is 1.64. The third-order valence-electron chi connectivity index (χ3n) is 3.68. The number of rotatable bonds is 3. The number of carbonyl (C=O) groups is 2. The van der Waals surface area contributed by atoms with Crippen LogP contribution in [0.25, 0.3) is 0 Å².